The van der Waals surface area contributed by atoms with Crippen LogP contribution in [-0.4, -0.2) is 59.1 Å². The van der Waals surface area contributed by atoms with Gasteiger partial charge in [-0.3, -0.25) is 19.6 Å². The molecule has 4 aliphatic heterocycles. The zero-order chi connectivity index (χ0) is 9.54. The van der Waals surface area contributed by atoms with Gasteiger partial charge in [-0.05, 0) is 6.42 Å². The lowest BCUT2D eigenvalue weighted by Crippen LogP contribution is -2.75. The predicted octanol–water partition coefficient (Wildman–Crippen LogP) is 0.913. The maximum atomic E-state index is 5.58. The summed E-state index contributed by atoms with van der Waals surface area (Å²) in [5.41, 5.74) is 1.63. The normalized spacial score (nSPS) is 47.1. The number of nitrogens with zero attached hydrogens (tertiary/aromatic N) is 4. The molecular formula is C9H16Cl2N4. The molecule has 0 aromatic heterocycles. The molecule has 15 heavy (non-hydrogen) atoms. The van der Waals surface area contributed by atoms with Crippen LogP contribution in [0.15, 0.2) is 11.6 Å². The third-order valence-electron chi connectivity index (χ3n) is 3.21. The first-order chi connectivity index (χ1) is 6.86. The number of rotatable bonds is 2. The van der Waals surface area contributed by atoms with Crippen LogP contribution in [0.25, 0.3) is 0 Å². The Labute approximate surface area is 101 Å². The summed E-state index contributed by atoms with van der Waals surface area (Å²) in [5.74, 6) is 0. The highest BCUT2D eigenvalue weighted by molar-refractivity contribution is 6.25. The molecule has 4 heterocycles. The topological polar surface area (TPSA) is 13.0 Å². The first-order valence-electron chi connectivity index (χ1n) is 5.05. The minimum atomic E-state index is 0. The predicted molar refractivity (Wildman–Crippen MR) is 62.3 cm³/mol. The molecule has 0 aliphatic carbocycles. The van der Waals surface area contributed by atoms with E-state index in [9.17, 15) is 0 Å². The summed E-state index contributed by atoms with van der Waals surface area (Å²) in [5, 5.41) is 0. The fraction of sp³-hybridized carbons (Fsp3) is 0.778. The van der Waals surface area contributed by atoms with E-state index in [2.05, 4.69) is 25.7 Å². The summed E-state index contributed by atoms with van der Waals surface area (Å²) in [6.07, 6.45) is 3.67. The van der Waals surface area contributed by atoms with E-state index in [1.54, 1.807) is 5.54 Å². The fourth-order valence-electron chi connectivity index (χ4n) is 2.75. The summed E-state index contributed by atoms with van der Waals surface area (Å²) in [4.78, 5) is 9.95. The van der Waals surface area contributed by atoms with E-state index in [1.807, 2.05) is 0 Å². The van der Waals surface area contributed by atoms with Gasteiger partial charge >= 0.3 is 0 Å². The molecule has 0 amide bonds. The van der Waals surface area contributed by atoms with E-state index >= 15 is 0 Å². The van der Waals surface area contributed by atoms with Crippen molar-refractivity contribution in [3.8, 4) is 0 Å². The summed E-state index contributed by atoms with van der Waals surface area (Å²) in [7, 11) is 0. The summed E-state index contributed by atoms with van der Waals surface area (Å²) in [6, 6.07) is 0. The highest BCUT2D eigenvalue weighted by Crippen LogP contribution is 2.27. The second kappa shape index (κ2) is 4.57. The van der Waals surface area contributed by atoms with Gasteiger partial charge in [0.15, 0.2) is 0 Å². The molecular weight excluding hydrogens is 235 g/mol. The van der Waals surface area contributed by atoms with Crippen LogP contribution in [0.5, 0.6) is 0 Å². The average molecular weight is 251 g/mol. The Morgan fingerprint density at radius 3 is 2.00 bits per heavy atom. The molecule has 0 atom stereocenters. The first kappa shape index (κ1) is 11.6. The maximum absolute atomic E-state index is 5.58. The van der Waals surface area contributed by atoms with Crippen molar-refractivity contribution in [3.63, 3.8) is 0 Å². The molecule has 4 bridgehead atoms. The first-order valence-corrected chi connectivity index (χ1v) is 5.48. The maximum Gasteiger partial charge on any atom is 0.0702 e. The molecule has 0 spiro atoms. The summed E-state index contributed by atoms with van der Waals surface area (Å²) >= 11 is 5.58. The van der Waals surface area contributed by atoms with Crippen molar-refractivity contribution in [3.05, 3.63) is 11.6 Å². The highest BCUT2D eigenvalue weighted by atomic mass is 35.5. The van der Waals surface area contributed by atoms with Gasteiger partial charge in [0.1, 0.15) is 0 Å². The van der Waals surface area contributed by atoms with Gasteiger partial charge in [0.05, 0.1) is 39.5 Å². The molecule has 4 rings (SSSR count). The van der Waals surface area contributed by atoms with E-state index in [1.165, 1.54) is 0 Å². The average Bonchev–Trinajstić information content (AvgIpc) is 2.15. The second-order valence-electron chi connectivity index (χ2n) is 4.30. The second-order valence-corrected chi connectivity index (χ2v) is 4.56. The van der Waals surface area contributed by atoms with Crippen LogP contribution in [0.1, 0.15) is 6.42 Å². The Morgan fingerprint density at radius 2 is 1.53 bits per heavy atom. The molecule has 4 fully saturated rings. The quantitative estimate of drug-likeness (QED) is 0.723. The van der Waals surface area contributed by atoms with Crippen molar-refractivity contribution in [2.45, 2.75) is 12.6 Å². The summed E-state index contributed by atoms with van der Waals surface area (Å²) in [6.45, 7) is 5.62. The lowest BCUT2D eigenvalue weighted by molar-refractivity contribution is -0.229. The Kier molecular flexibility index (Phi) is 3.55. The van der Waals surface area contributed by atoms with Crippen LogP contribution in [-0.2, 0) is 0 Å². The smallest absolute Gasteiger partial charge is 0.0702 e. The minimum absolute atomic E-state index is 0. The van der Waals surface area contributed by atoms with E-state index in [0.717, 1.165) is 39.8 Å². The van der Waals surface area contributed by atoms with Gasteiger partial charge < -0.3 is 0 Å². The van der Waals surface area contributed by atoms with Gasteiger partial charge in [0, 0.05) is 5.54 Å². The van der Waals surface area contributed by atoms with Gasteiger partial charge in [0.2, 0.25) is 0 Å². The molecule has 0 unspecified atom stereocenters. The van der Waals surface area contributed by atoms with Crippen molar-refractivity contribution >= 4 is 24.0 Å². The van der Waals surface area contributed by atoms with Crippen molar-refractivity contribution in [2.24, 2.45) is 0 Å². The monoisotopic (exact) mass is 250 g/mol. The van der Waals surface area contributed by atoms with Crippen molar-refractivity contribution in [2.75, 3.05) is 33.3 Å². The Hall–Kier alpha value is 0.160. The molecule has 0 N–H and O–H groups in total. The molecule has 0 aromatic carbocycles. The lowest BCUT2D eigenvalue weighted by Gasteiger charge is -2.60. The van der Waals surface area contributed by atoms with Gasteiger partial charge in [0.25, 0.3) is 0 Å². The molecule has 0 aromatic rings. The van der Waals surface area contributed by atoms with Gasteiger partial charge in [-0.2, -0.15) is 0 Å². The van der Waals surface area contributed by atoms with E-state index in [-0.39, 0.29) is 12.4 Å². The molecule has 0 radical (unpaired) electrons. The van der Waals surface area contributed by atoms with E-state index in [0.29, 0.717) is 6.17 Å². The SMILES string of the molecule is Cl.Cl/C=C/CC1N2CN3CN(C2)CN1C3. The number of hydrogen-bond donors (Lipinski definition) is 0. The minimum Gasteiger partial charge on any atom is -0.264 e. The van der Waals surface area contributed by atoms with Crippen LogP contribution in [0.4, 0.5) is 0 Å². The Balaban J connectivity index is 0.000000853. The van der Waals surface area contributed by atoms with Crippen LogP contribution >= 0.6 is 24.0 Å². The van der Waals surface area contributed by atoms with Crippen molar-refractivity contribution in [1.29, 1.82) is 0 Å². The van der Waals surface area contributed by atoms with Crippen LogP contribution in [0, 0.1) is 0 Å². The molecule has 4 nitrogen and oxygen atoms in total. The zero-order valence-corrected chi connectivity index (χ0v) is 10.1. The molecule has 6 heteroatoms. The summed E-state index contributed by atoms with van der Waals surface area (Å²) < 4.78 is 0. The highest BCUT2D eigenvalue weighted by Gasteiger charge is 2.42. The van der Waals surface area contributed by atoms with Crippen LogP contribution in [0.3, 0.4) is 0 Å². The van der Waals surface area contributed by atoms with Gasteiger partial charge in [-0.15, -0.1) is 12.4 Å². The molecule has 4 aliphatic rings. The standard InChI is InChI=1S/C9H15ClN4.ClH/c10-3-1-2-9-13-5-11-4-12(7-13)8-14(9)6-11;/h1,3,9H,2,4-8H2;1H/b3-1+;. The van der Waals surface area contributed by atoms with Crippen LogP contribution in [0.2, 0.25) is 0 Å². The molecule has 4 saturated heterocycles. The van der Waals surface area contributed by atoms with E-state index < -0.39 is 0 Å². The largest absolute Gasteiger partial charge is 0.264 e. The van der Waals surface area contributed by atoms with Crippen LogP contribution < -0.4 is 0 Å². The fourth-order valence-corrected chi connectivity index (χ4v) is 2.85. The molecule has 0 saturated carbocycles. The Morgan fingerprint density at radius 1 is 1.00 bits per heavy atom. The van der Waals surface area contributed by atoms with Crippen molar-refractivity contribution in [1.82, 2.24) is 19.6 Å². The molecule has 86 valence electrons. The third kappa shape index (κ3) is 2.02. The van der Waals surface area contributed by atoms with Gasteiger partial charge in [-0.1, -0.05) is 17.7 Å². The third-order valence-corrected chi connectivity index (χ3v) is 3.38. The number of hydrogen-bond acceptors (Lipinski definition) is 4. The Bertz CT molecular complexity index is 230. The van der Waals surface area contributed by atoms with Gasteiger partial charge in [-0.25, -0.2) is 0 Å². The van der Waals surface area contributed by atoms with Crippen molar-refractivity contribution < 1.29 is 0 Å². The van der Waals surface area contributed by atoms with E-state index in [4.69, 9.17) is 11.6 Å². The zero-order valence-electron chi connectivity index (χ0n) is 8.55. The lowest BCUT2D eigenvalue weighted by atomic mass is 10.2. The number of halogens is 2.